The number of aliphatic hydroxyl groups is 2. The molecule has 0 aromatic carbocycles. The standard InChI is InChI=1S/C16H27NO3.C12H21NO3.C11H19NO.C10H18O5.C7H13NO.C4H7Br.CH4/c1-16(2,3)20-15(18)17-12-6-7-13(17)9-14(8-12)19-10-11-4-5-11;1-12(2,3)16-11(15)13-8-4-5-9(13)7-10(14)6-8;1-2-8(1)7-13-11-5-9-3-4-10(6-11)12-9;1-9(2,3)14-7(11)13-8(12)15-10(4,5)6;9-7-3-5-1-2-6(4-7)8-5;5-3-4-1-2-4;/h11-14H,4-10H2,1-3H3;8-10,14H,4-7H2,1-3H3;8-12H,1-7H2;1-6H3;5-9H,1-4H2;4H,1-3H2;1H4/t12-,13+,14?;8-,9+,10?;9-,10+,11?;;5-,6+,7?;;. The number of carbonyl (C=O) groups is 4. The van der Waals surface area contributed by atoms with Gasteiger partial charge in [0.25, 0.3) is 0 Å². The summed E-state index contributed by atoms with van der Waals surface area (Å²) in [6.45, 7) is 23.4. The Morgan fingerprint density at radius 2 is 0.734 bits per heavy atom. The maximum absolute atomic E-state index is 12.3. The number of hydrogen-bond donors (Lipinski definition) is 4. The molecule has 11 aliphatic rings. The Morgan fingerprint density at radius 3 is 1.04 bits per heavy atom. The molecule has 12 atom stereocenters. The molecule has 11 rings (SSSR count). The number of carbonyl (C=O) groups excluding carboxylic acids is 4. The molecule has 8 bridgehead atoms. The number of nitrogens with zero attached hydrogens (tertiary/aromatic N) is 2. The first-order valence-electron chi connectivity index (χ1n) is 30.3. The van der Waals surface area contributed by atoms with Crippen molar-refractivity contribution < 1.29 is 62.5 Å². The van der Waals surface area contributed by atoms with E-state index in [1.165, 1.54) is 82.4 Å². The van der Waals surface area contributed by atoms with Crippen LogP contribution in [0.4, 0.5) is 19.2 Å². The highest BCUT2D eigenvalue weighted by Gasteiger charge is 2.47. The Morgan fingerprint density at radius 1 is 0.430 bits per heavy atom. The van der Waals surface area contributed by atoms with Crippen molar-refractivity contribution in [2.24, 2.45) is 17.8 Å². The van der Waals surface area contributed by atoms with Crippen LogP contribution >= 0.6 is 15.9 Å². The van der Waals surface area contributed by atoms with Gasteiger partial charge in [-0.25, -0.2) is 19.2 Å². The largest absolute Gasteiger partial charge is 0.519 e. The van der Waals surface area contributed by atoms with Crippen molar-refractivity contribution in [3.05, 3.63) is 0 Å². The van der Waals surface area contributed by atoms with Gasteiger partial charge in [0.05, 0.1) is 24.4 Å². The molecule has 8 heterocycles. The monoisotopic (exact) mass is 1180 g/mol. The SMILES string of the molecule is BrCC1CC1.C.C1CC1COC1C[C@H]2CC[C@@H](C1)N2.CC(C)(C)OC(=O)N1[C@@H]2CC[C@H]1CC(O)C2.CC(C)(C)OC(=O)N1[C@@H]2CC[C@H]1CC(OCC1CC1)C2.CC(C)(C)OC(=O)OC(=O)OC(C)(C)C.OC1C[C@H]2CC[C@@H](C1)N2. The smallest absolute Gasteiger partial charge is 0.444 e. The molecule has 458 valence electrons. The second-order valence-corrected chi connectivity index (χ2v) is 29.1. The topological polar surface area (TPSA) is 204 Å². The fourth-order valence-electron chi connectivity index (χ4n) is 11.8. The van der Waals surface area contributed by atoms with E-state index in [2.05, 4.69) is 31.3 Å². The second-order valence-electron chi connectivity index (χ2n) is 28.4. The molecule has 0 radical (unpaired) electrons. The summed E-state index contributed by atoms with van der Waals surface area (Å²) in [5, 5.41) is 27.2. The molecule has 0 aromatic heterocycles. The summed E-state index contributed by atoms with van der Waals surface area (Å²) < 4.78 is 36.7. The van der Waals surface area contributed by atoms with Crippen LogP contribution in [0.2, 0.25) is 0 Å². The molecular weight excluding hydrogens is 1080 g/mol. The van der Waals surface area contributed by atoms with Crippen molar-refractivity contribution in [3.63, 3.8) is 0 Å². The van der Waals surface area contributed by atoms with Gasteiger partial charge in [0.2, 0.25) is 0 Å². The number of ether oxygens (including phenoxy) is 7. The minimum absolute atomic E-state index is 0. The minimum atomic E-state index is -1.06. The molecule has 8 saturated heterocycles. The first-order valence-corrected chi connectivity index (χ1v) is 31.4. The molecule has 8 aliphatic heterocycles. The Bertz CT molecular complexity index is 1810. The summed E-state index contributed by atoms with van der Waals surface area (Å²) >= 11 is 3.38. The summed E-state index contributed by atoms with van der Waals surface area (Å²) in [6, 6.07) is 3.86. The van der Waals surface area contributed by atoms with E-state index in [1.54, 1.807) is 41.5 Å². The van der Waals surface area contributed by atoms with E-state index >= 15 is 0 Å². The van der Waals surface area contributed by atoms with Gasteiger partial charge < -0.3 is 63.8 Å². The van der Waals surface area contributed by atoms with E-state index < -0.39 is 34.7 Å². The van der Waals surface area contributed by atoms with Crippen molar-refractivity contribution in [3.8, 4) is 0 Å². The molecule has 3 saturated carbocycles. The third-order valence-electron chi connectivity index (χ3n) is 15.9. The van der Waals surface area contributed by atoms with Gasteiger partial charge >= 0.3 is 24.5 Å². The summed E-state index contributed by atoms with van der Waals surface area (Å²) in [5.74, 6) is 2.79. The lowest BCUT2D eigenvalue weighted by atomic mass is 10.00. The Balaban J connectivity index is 0.000000180. The number of piperidine rings is 4. The van der Waals surface area contributed by atoms with E-state index in [0.717, 1.165) is 94.4 Å². The highest BCUT2D eigenvalue weighted by atomic mass is 79.9. The number of nitrogens with one attached hydrogen (secondary N) is 2. The van der Waals surface area contributed by atoms with Gasteiger partial charge in [-0.05, 0) is 242 Å². The molecule has 79 heavy (non-hydrogen) atoms. The third-order valence-corrected chi connectivity index (χ3v) is 16.8. The van der Waals surface area contributed by atoms with Gasteiger partial charge in [-0.15, -0.1) is 0 Å². The quantitative estimate of drug-likeness (QED) is 0.0810. The molecule has 4 unspecified atom stereocenters. The van der Waals surface area contributed by atoms with Gasteiger partial charge in [-0.3, -0.25) is 0 Å². The lowest BCUT2D eigenvalue weighted by Crippen LogP contribution is -2.50. The molecule has 0 spiro atoms. The molecule has 4 N–H and O–H groups in total. The lowest BCUT2D eigenvalue weighted by Gasteiger charge is -2.39. The predicted octanol–water partition coefficient (Wildman–Crippen LogP) is 12.5. The Hall–Kier alpha value is -2.48. The van der Waals surface area contributed by atoms with Gasteiger partial charge in [0.15, 0.2) is 0 Å². The van der Waals surface area contributed by atoms with Gasteiger partial charge in [-0.2, -0.15) is 0 Å². The number of rotatable bonds is 7. The zero-order chi connectivity index (χ0) is 57.2. The Labute approximate surface area is 484 Å². The van der Waals surface area contributed by atoms with Crippen LogP contribution in [0.5, 0.6) is 0 Å². The maximum atomic E-state index is 12.3. The molecule has 3 aliphatic carbocycles. The fraction of sp³-hybridized carbons (Fsp3) is 0.934. The van der Waals surface area contributed by atoms with Crippen LogP contribution in [-0.4, -0.2) is 158 Å². The number of halogens is 1. The molecule has 0 aromatic rings. The van der Waals surface area contributed by atoms with Crippen LogP contribution in [0, 0.1) is 17.8 Å². The zero-order valence-corrected chi connectivity index (χ0v) is 51.6. The van der Waals surface area contributed by atoms with E-state index in [9.17, 15) is 29.4 Å². The molecule has 11 fully saturated rings. The minimum Gasteiger partial charge on any atom is -0.444 e. The van der Waals surface area contributed by atoms with Crippen LogP contribution in [0.25, 0.3) is 0 Å². The van der Waals surface area contributed by atoms with Crippen molar-refractivity contribution in [2.45, 2.75) is 327 Å². The summed E-state index contributed by atoms with van der Waals surface area (Å²) in [7, 11) is 0. The van der Waals surface area contributed by atoms with E-state index in [4.69, 9.17) is 28.4 Å². The number of alkyl halides is 1. The first-order chi connectivity index (χ1) is 36.5. The number of aliphatic hydroxyl groups excluding tert-OH is 2. The van der Waals surface area contributed by atoms with Crippen LogP contribution < -0.4 is 10.6 Å². The van der Waals surface area contributed by atoms with Crippen molar-refractivity contribution >= 4 is 40.4 Å². The highest BCUT2D eigenvalue weighted by molar-refractivity contribution is 9.09. The molecule has 18 heteroatoms. The van der Waals surface area contributed by atoms with Gasteiger partial charge in [0, 0.05) is 66.9 Å². The average molecular weight is 1190 g/mol. The van der Waals surface area contributed by atoms with E-state index in [0.29, 0.717) is 49.2 Å². The van der Waals surface area contributed by atoms with Crippen molar-refractivity contribution in [1.82, 2.24) is 20.4 Å². The van der Waals surface area contributed by atoms with E-state index in [-0.39, 0.29) is 43.9 Å². The summed E-state index contributed by atoms with van der Waals surface area (Å²) in [4.78, 5) is 50.2. The first kappa shape index (κ1) is 67.3. The summed E-state index contributed by atoms with van der Waals surface area (Å²) in [6.07, 6.45) is 24.1. The lowest BCUT2D eigenvalue weighted by molar-refractivity contribution is -0.0370. The number of amides is 2. The van der Waals surface area contributed by atoms with Crippen LogP contribution in [-0.2, 0) is 33.2 Å². The normalized spacial score (nSPS) is 31.9. The van der Waals surface area contributed by atoms with Gasteiger partial charge in [-0.1, -0.05) is 23.4 Å². The van der Waals surface area contributed by atoms with E-state index in [1.807, 2.05) is 51.3 Å². The third kappa shape index (κ3) is 25.5. The average Bonchev–Trinajstić information content (AvgIpc) is 4.24. The van der Waals surface area contributed by atoms with Crippen LogP contribution in [0.1, 0.15) is 232 Å². The second kappa shape index (κ2) is 29.9. The van der Waals surface area contributed by atoms with Crippen molar-refractivity contribution in [1.29, 1.82) is 0 Å². The van der Waals surface area contributed by atoms with Crippen LogP contribution in [0.15, 0.2) is 0 Å². The predicted molar refractivity (Wildman–Crippen MR) is 310 cm³/mol. The molecule has 17 nitrogen and oxygen atoms in total. The number of fused-ring (bicyclic) bond motifs is 8. The highest BCUT2D eigenvalue weighted by Crippen LogP contribution is 2.40. The van der Waals surface area contributed by atoms with Crippen molar-refractivity contribution in [2.75, 3.05) is 18.5 Å². The fourth-order valence-corrected chi connectivity index (χ4v) is 12.4. The maximum Gasteiger partial charge on any atom is 0.519 e. The summed E-state index contributed by atoms with van der Waals surface area (Å²) in [5.41, 5.74) is -2.24. The zero-order valence-electron chi connectivity index (χ0n) is 50.0. The van der Waals surface area contributed by atoms with Gasteiger partial charge in [0.1, 0.15) is 22.4 Å². The van der Waals surface area contributed by atoms with Crippen LogP contribution in [0.3, 0.4) is 0 Å². The Kier molecular flexibility index (Phi) is 25.4. The number of hydrogen-bond acceptors (Lipinski definition) is 15. The molecular formula is C61H109BrN4O13. The molecule has 2 amide bonds.